The fourth-order valence-electron chi connectivity index (χ4n) is 2.26. The zero-order chi connectivity index (χ0) is 8.82. The number of ketones is 1. The van der Waals surface area contributed by atoms with Crippen LogP contribution < -0.4 is 0 Å². The van der Waals surface area contributed by atoms with Gasteiger partial charge in [0.05, 0.1) is 0 Å². The number of rotatable bonds is 0. The second-order valence-electron chi connectivity index (χ2n) is 4.91. The molecule has 2 bridgehead atoms. The van der Waals surface area contributed by atoms with Crippen molar-refractivity contribution in [2.24, 2.45) is 10.8 Å². The second kappa shape index (κ2) is 2.21. The first kappa shape index (κ1) is 8.03. The molecule has 0 heterocycles. The molecule has 1 nitrogen and oxygen atoms in total. The fraction of sp³-hybridized carbons (Fsp3) is 0.727. The van der Waals surface area contributed by atoms with Gasteiger partial charge in [0.25, 0.3) is 0 Å². The van der Waals surface area contributed by atoms with Crippen LogP contribution in [0.3, 0.4) is 0 Å². The highest BCUT2D eigenvalue weighted by Gasteiger charge is 2.42. The van der Waals surface area contributed by atoms with Gasteiger partial charge in [0.1, 0.15) is 0 Å². The highest BCUT2D eigenvalue weighted by Crippen LogP contribution is 2.49. The SMILES string of the molecule is CC12C=CC(=O)C(C)(CC1)CC2. The summed E-state index contributed by atoms with van der Waals surface area (Å²) in [6.45, 7) is 4.38. The van der Waals surface area contributed by atoms with Crippen molar-refractivity contribution in [2.75, 3.05) is 0 Å². The predicted molar refractivity (Wildman–Crippen MR) is 48.8 cm³/mol. The van der Waals surface area contributed by atoms with E-state index in [0.29, 0.717) is 11.2 Å². The molecule has 0 aliphatic heterocycles. The first-order valence-corrected chi connectivity index (χ1v) is 4.78. The first-order valence-electron chi connectivity index (χ1n) is 4.78. The van der Waals surface area contributed by atoms with Crippen LogP contribution in [0.2, 0.25) is 0 Å². The molecule has 0 aromatic carbocycles. The van der Waals surface area contributed by atoms with Crippen LogP contribution in [0.1, 0.15) is 39.5 Å². The lowest BCUT2D eigenvalue weighted by Gasteiger charge is -2.37. The topological polar surface area (TPSA) is 17.1 Å². The summed E-state index contributed by atoms with van der Waals surface area (Å²) < 4.78 is 0. The highest BCUT2D eigenvalue weighted by molar-refractivity contribution is 5.95. The average Bonchev–Trinajstić information content (AvgIpc) is 2.22. The summed E-state index contributed by atoms with van der Waals surface area (Å²) in [5.74, 6) is 0.351. The van der Waals surface area contributed by atoms with E-state index < -0.39 is 0 Å². The van der Waals surface area contributed by atoms with Crippen molar-refractivity contribution in [3.05, 3.63) is 12.2 Å². The highest BCUT2D eigenvalue weighted by atomic mass is 16.1. The summed E-state index contributed by atoms with van der Waals surface area (Å²) in [5.41, 5.74) is 0.304. The summed E-state index contributed by atoms with van der Waals surface area (Å²) in [6.07, 6.45) is 8.48. The Morgan fingerprint density at radius 1 is 1.17 bits per heavy atom. The Morgan fingerprint density at radius 3 is 2.33 bits per heavy atom. The van der Waals surface area contributed by atoms with Crippen molar-refractivity contribution in [1.82, 2.24) is 0 Å². The minimum atomic E-state index is -0.0213. The van der Waals surface area contributed by atoms with Crippen LogP contribution in [0.25, 0.3) is 0 Å². The van der Waals surface area contributed by atoms with Crippen molar-refractivity contribution >= 4 is 5.78 Å². The van der Waals surface area contributed by atoms with Gasteiger partial charge in [0, 0.05) is 5.41 Å². The summed E-state index contributed by atoms with van der Waals surface area (Å²) in [5, 5.41) is 0. The smallest absolute Gasteiger partial charge is 0.161 e. The third-order valence-electron chi connectivity index (χ3n) is 3.73. The number of hydrogen-bond acceptors (Lipinski definition) is 1. The third-order valence-corrected chi connectivity index (χ3v) is 3.73. The number of hydrogen-bond donors (Lipinski definition) is 0. The summed E-state index contributed by atoms with van der Waals surface area (Å²) in [7, 11) is 0. The van der Waals surface area contributed by atoms with Crippen LogP contribution in [0.4, 0.5) is 0 Å². The van der Waals surface area contributed by atoms with E-state index in [1.807, 2.05) is 6.08 Å². The van der Waals surface area contributed by atoms with E-state index in [2.05, 4.69) is 19.9 Å². The van der Waals surface area contributed by atoms with Gasteiger partial charge in [-0.15, -0.1) is 0 Å². The zero-order valence-corrected chi connectivity index (χ0v) is 7.89. The van der Waals surface area contributed by atoms with Crippen molar-refractivity contribution in [1.29, 1.82) is 0 Å². The molecule has 0 N–H and O–H groups in total. The molecular weight excluding hydrogens is 148 g/mol. The Bertz CT molecular complexity index is 242. The summed E-state index contributed by atoms with van der Waals surface area (Å²) in [4.78, 5) is 11.6. The molecule has 1 saturated carbocycles. The van der Waals surface area contributed by atoms with Gasteiger partial charge in [0.2, 0.25) is 0 Å². The summed E-state index contributed by atoms with van der Waals surface area (Å²) in [6, 6.07) is 0. The third kappa shape index (κ3) is 1.03. The molecule has 3 aliphatic rings. The van der Waals surface area contributed by atoms with E-state index >= 15 is 0 Å². The van der Waals surface area contributed by atoms with Gasteiger partial charge < -0.3 is 0 Å². The molecule has 0 aromatic heterocycles. The van der Waals surface area contributed by atoms with Gasteiger partial charge >= 0.3 is 0 Å². The molecule has 66 valence electrons. The lowest BCUT2D eigenvalue weighted by Crippen LogP contribution is -2.31. The molecular formula is C11H16O. The molecule has 12 heavy (non-hydrogen) atoms. The van der Waals surface area contributed by atoms with Crippen LogP contribution in [0, 0.1) is 10.8 Å². The lowest BCUT2D eigenvalue weighted by molar-refractivity contribution is -0.124. The molecule has 0 unspecified atom stereocenters. The Balaban J connectivity index is 2.39. The second-order valence-corrected chi connectivity index (χ2v) is 4.91. The predicted octanol–water partition coefficient (Wildman–Crippen LogP) is 2.71. The van der Waals surface area contributed by atoms with Crippen LogP contribution in [0.15, 0.2) is 12.2 Å². The number of fused-ring (bicyclic) bond motifs is 3. The number of carbonyl (C=O) groups is 1. The van der Waals surface area contributed by atoms with Crippen molar-refractivity contribution in [2.45, 2.75) is 39.5 Å². The Kier molecular flexibility index (Phi) is 1.48. The van der Waals surface area contributed by atoms with Crippen LogP contribution in [-0.4, -0.2) is 5.78 Å². The van der Waals surface area contributed by atoms with Gasteiger partial charge in [-0.3, -0.25) is 4.79 Å². The van der Waals surface area contributed by atoms with E-state index in [4.69, 9.17) is 0 Å². The minimum absolute atomic E-state index is 0.0213. The molecule has 1 heteroatoms. The maximum absolute atomic E-state index is 11.6. The minimum Gasteiger partial charge on any atom is -0.294 e. The zero-order valence-electron chi connectivity index (χ0n) is 7.89. The number of carbonyl (C=O) groups excluding carboxylic acids is 1. The molecule has 0 aromatic rings. The van der Waals surface area contributed by atoms with Crippen LogP contribution in [-0.2, 0) is 4.79 Å². The lowest BCUT2D eigenvalue weighted by atomic mass is 9.66. The van der Waals surface area contributed by atoms with E-state index in [9.17, 15) is 4.79 Å². The molecule has 3 aliphatic carbocycles. The monoisotopic (exact) mass is 164 g/mol. The molecule has 0 spiro atoms. The number of allylic oxidation sites excluding steroid dienone is 2. The van der Waals surface area contributed by atoms with Gasteiger partial charge in [-0.1, -0.05) is 19.9 Å². The summed E-state index contributed by atoms with van der Waals surface area (Å²) >= 11 is 0. The van der Waals surface area contributed by atoms with E-state index in [-0.39, 0.29) is 5.41 Å². The van der Waals surface area contributed by atoms with E-state index in [1.54, 1.807) is 0 Å². The standard InChI is InChI=1S/C11H16O/c1-10-4-3-9(12)11(2,7-5-10)8-6-10/h3-4H,5-8H2,1-2H3. The normalized spacial score (nSPS) is 46.3. The maximum atomic E-state index is 11.6. The maximum Gasteiger partial charge on any atom is 0.161 e. The van der Waals surface area contributed by atoms with Gasteiger partial charge in [-0.2, -0.15) is 0 Å². The van der Waals surface area contributed by atoms with E-state index in [1.165, 1.54) is 12.8 Å². The van der Waals surface area contributed by atoms with Gasteiger partial charge in [-0.05, 0) is 37.2 Å². The van der Waals surface area contributed by atoms with Crippen LogP contribution >= 0.6 is 0 Å². The van der Waals surface area contributed by atoms with E-state index in [0.717, 1.165) is 12.8 Å². The van der Waals surface area contributed by atoms with Crippen molar-refractivity contribution in [3.63, 3.8) is 0 Å². The van der Waals surface area contributed by atoms with Crippen molar-refractivity contribution < 1.29 is 4.79 Å². The fourth-order valence-corrected chi connectivity index (χ4v) is 2.26. The molecule has 0 atom stereocenters. The molecule has 0 radical (unpaired) electrons. The largest absolute Gasteiger partial charge is 0.294 e. The molecule has 0 amide bonds. The van der Waals surface area contributed by atoms with Gasteiger partial charge in [0.15, 0.2) is 5.78 Å². The molecule has 1 fully saturated rings. The Morgan fingerprint density at radius 2 is 1.75 bits per heavy atom. The Labute approximate surface area is 73.8 Å². The quantitative estimate of drug-likeness (QED) is 0.538. The van der Waals surface area contributed by atoms with Crippen LogP contribution in [0.5, 0.6) is 0 Å². The molecule has 0 saturated heterocycles. The van der Waals surface area contributed by atoms with Gasteiger partial charge in [-0.25, -0.2) is 0 Å². The van der Waals surface area contributed by atoms with Crippen molar-refractivity contribution in [3.8, 4) is 0 Å². The molecule has 3 rings (SSSR count). The first-order chi connectivity index (χ1) is 5.54. The average molecular weight is 164 g/mol. The Hall–Kier alpha value is -0.590.